The summed E-state index contributed by atoms with van der Waals surface area (Å²) in [5.74, 6) is -0.355. The Balaban J connectivity index is 1.85. The molecule has 4 nitrogen and oxygen atoms in total. The summed E-state index contributed by atoms with van der Waals surface area (Å²) in [7, 11) is 0. The van der Waals surface area contributed by atoms with Gasteiger partial charge in [-0.2, -0.15) is 0 Å². The van der Waals surface area contributed by atoms with Crippen molar-refractivity contribution in [1.29, 1.82) is 0 Å². The van der Waals surface area contributed by atoms with Gasteiger partial charge in [-0.3, -0.25) is 0 Å². The third-order valence-electron chi connectivity index (χ3n) is 4.71. The number of carbonyl (C=O) groups excluding carboxylic acids is 1. The molecule has 0 aliphatic rings. The Hall–Kier alpha value is -3.12. The maximum absolute atomic E-state index is 13.0. The van der Waals surface area contributed by atoms with Crippen molar-refractivity contribution >= 4 is 41.6 Å². The van der Waals surface area contributed by atoms with Gasteiger partial charge in [-0.05, 0) is 0 Å². The molecule has 0 bridgehead atoms. The molecular formula is C24H20N2O2Sn. The van der Waals surface area contributed by atoms with Gasteiger partial charge in [0.05, 0.1) is 0 Å². The van der Waals surface area contributed by atoms with E-state index < -0.39 is 18.8 Å². The molecule has 0 aliphatic heterocycles. The average Bonchev–Trinajstić information content (AvgIpc) is 3.32. The van der Waals surface area contributed by atoms with Crippen LogP contribution in [0.15, 0.2) is 110 Å². The Labute approximate surface area is 174 Å². The second-order valence-electron chi connectivity index (χ2n) is 6.54. The van der Waals surface area contributed by atoms with Crippen LogP contribution in [0.25, 0.3) is 6.08 Å². The van der Waals surface area contributed by atoms with Gasteiger partial charge in [-0.25, -0.2) is 0 Å². The molecule has 0 unspecified atom stereocenters. The summed E-state index contributed by atoms with van der Waals surface area (Å²) in [6.07, 6.45) is 6.39. The first-order chi connectivity index (χ1) is 14.3. The van der Waals surface area contributed by atoms with Gasteiger partial charge in [0.1, 0.15) is 0 Å². The van der Waals surface area contributed by atoms with Crippen LogP contribution >= 0.6 is 0 Å². The zero-order valence-electron chi connectivity index (χ0n) is 15.7. The van der Waals surface area contributed by atoms with Crippen LogP contribution in [0.1, 0.15) is 5.69 Å². The molecular weight excluding hydrogens is 467 g/mol. The number of carbonyl (C=O) groups is 1. The fourth-order valence-electron chi connectivity index (χ4n) is 3.40. The Bertz CT molecular complexity index is 983. The van der Waals surface area contributed by atoms with E-state index in [1.807, 2.05) is 54.6 Å². The standard InChI is InChI=1S/C6H6N2O2.3C6H5.Sn/c9-6(10)2-1-5-3-7-4-8-5;3*1-2-4-6-5-3-1;/h1-4H,(H,7,8)(H,9,10);3*1-5H;/q;;;;+1/p-1/b2-1+;;;;. The summed E-state index contributed by atoms with van der Waals surface area (Å²) in [4.78, 5) is 19.9. The van der Waals surface area contributed by atoms with Crippen molar-refractivity contribution in [2.45, 2.75) is 0 Å². The summed E-state index contributed by atoms with van der Waals surface area (Å²) in [6, 6.07) is 30.4. The molecule has 0 saturated carbocycles. The molecule has 4 rings (SSSR count). The molecule has 0 saturated heterocycles. The average molecular weight is 487 g/mol. The number of hydrogen-bond donors (Lipinski definition) is 1. The summed E-state index contributed by atoms with van der Waals surface area (Å²) in [6.45, 7) is 0. The Kier molecular flexibility index (Phi) is 5.91. The van der Waals surface area contributed by atoms with Crippen molar-refractivity contribution in [3.8, 4) is 0 Å². The minimum atomic E-state index is -4.04. The zero-order valence-corrected chi connectivity index (χ0v) is 18.6. The number of benzene rings is 3. The number of H-pyrrole nitrogens is 1. The first-order valence-electron chi connectivity index (χ1n) is 9.35. The van der Waals surface area contributed by atoms with Gasteiger partial charge in [0.2, 0.25) is 0 Å². The Morgan fingerprint density at radius 3 is 1.69 bits per heavy atom. The van der Waals surface area contributed by atoms with Crippen molar-refractivity contribution in [3.63, 3.8) is 0 Å². The number of aromatic amines is 1. The second-order valence-corrected chi connectivity index (χ2v) is 16.0. The quantitative estimate of drug-likeness (QED) is 0.336. The van der Waals surface area contributed by atoms with Crippen LogP contribution < -0.4 is 10.7 Å². The predicted octanol–water partition coefficient (Wildman–Crippen LogP) is 2.63. The van der Waals surface area contributed by atoms with E-state index in [0.717, 1.165) is 16.4 Å². The summed E-state index contributed by atoms with van der Waals surface area (Å²) in [5, 5.41) is 0. The minimum absolute atomic E-state index is 0.355. The molecule has 1 heterocycles. The van der Waals surface area contributed by atoms with Gasteiger partial charge < -0.3 is 0 Å². The monoisotopic (exact) mass is 488 g/mol. The Morgan fingerprint density at radius 1 is 0.793 bits per heavy atom. The zero-order chi connectivity index (χ0) is 19.9. The molecule has 0 radical (unpaired) electrons. The third kappa shape index (κ3) is 4.17. The maximum atomic E-state index is 13.0. The molecule has 3 aromatic carbocycles. The van der Waals surface area contributed by atoms with Crippen LogP contribution in [0.2, 0.25) is 0 Å². The fourth-order valence-corrected chi connectivity index (χ4v) is 14.0. The van der Waals surface area contributed by atoms with E-state index in [0.29, 0.717) is 0 Å². The van der Waals surface area contributed by atoms with E-state index in [2.05, 4.69) is 46.4 Å². The van der Waals surface area contributed by atoms with Crippen LogP contribution in [0.4, 0.5) is 0 Å². The van der Waals surface area contributed by atoms with Crippen LogP contribution in [0.5, 0.6) is 0 Å². The molecule has 1 aromatic heterocycles. The summed E-state index contributed by atoms with van der Waals surface area (Å²) < 4.78 is 9.70. The van der Waals surface area contributed by atoms with Gasteiger partial charge in [-0.15, -0.1) is 0 Å². The number of nitrogens with one attached hydrogen (secondary N) is 1. The predicted molar refractivity (Wildman–Crippen MR) is 118 cm³/mol. The first kappa shape index (κ1) is 19.2. The van der Waals surface area contributed by atoms with Crippen LogP contribution in [-0.4, -0.2) is 34.7 Å². The van der Waals surface area contributed by atoms with Gasteiger partial charge in [-0.1, -0.05) is 0 Å². The summed E-state index contributed by atoms with van der Waals surface area (Å²) in [5.41, 5.74) is 0.752. The van der Waals surface area contributed by atoms with E-state index >= 15 is 0 Å². The molecule has 0 fully saturated rings. The van der Waals surface area contributed by atoms with E-state index in [-0.39, 0.29) is 5.97 Å². The fraction of sp³-hybridized carbons (Fsp3) is 0. The number of imidazole rings is 1. The van der Waals surface area contributed by atoms with Crippen molar-refractivity contribution in [2.75, 3.05) is 0 Å². The van der Waals surface area contributed by atoms with Crippen molar-refractivity contribution < 1.29 is 7.87 Å². The molecule has 4 aromatic rings. The molecule has 5 heteroatoms. The van der Waals surface area contributed by atoms with Gasteiger partial charge in [0, 0.05) is 0 Å². The van der Waals surface area contributed by atoms with Crippen molar-refractivity contribution in [3.05, 3.63) is 115 Å². The Morgan fingerprint density at radius 2 is 1.28 bits per heavy atom. The van der Waals surface area contributed by atoms with E-state index in [9.17, 15) is 4.79 Å². The molecule has 29 heavy (non-hydrogen) atoms. The first-order valence-corrected chi connectivity index (χ1v) is 14.8. The normalized spacial score (nSPS) is 11.4. The topological polar surface area (TPSA) is 55.0 Å². The molecule has 0 amide bonds. The molecule has 0 atom stereocenters. The van der Waals surface area contributed by atoms with Crippen LogP contribution in [-0.2, 0) is 7.87 Å². The van der Waals surface area contributed by atoms with Crippen molar-refractivity contribution in [1.82, 2.24) is 9.97 Å². The van der Waals surface area contributed by atoms with Crippen LogP contribution in [0.3, 0.4) is 0 Å². The van der Waals surface area contributed by atoms with Gasteiger partial charge in [0.15, 0.2) is 0 Å². The SMILES string of the molecule is O=C(/C=C/c1cnc[nH]1)[O][Sn]([c]1ccccc1)([c]1ccccc1)[c]1ccccc1. The van der Waals surface area contributed by atoms with E-state index in [1.54, 1.807) is 18.6 Å². The number of nitrogens with zero attached hydrogens (tertiary/aromatic N) is 1. The molecule has 1 N–H and O–H groups in total. The summed E-state index contributed by atoms with van der Waals surface area (Å²) >= 11 is -4.04. The van der Waals surface area contributed by atoms with E-state index in [1.165, 1.54) is 6.08 Å². The number of hydrogen-bond acceptors (Lipinski definition) is 3. The van der Waals surface area contributed by atoms with Crippen molar-refractivity contribution in [2.24, 2.45) is 0 Å². The van der Waals surface area contributed by atoms with Crippen LogP contribution in [0, 0.1) is 0 Å². The number of rotatable bonds is 6. The number of aromatic nitrogens is 2. The second kappa shape index (κ2) is 8.92. The molecule has 0 spiro atoms. The van der Waals surface area contributed by atoms with Gasteiger partial charge in [0.25, 0.3) is 0 Å². The third-order valence-corrected chi connectivity index (χ3v) is 16.0. The molecule has 0 aliphatic carbocycles. The van der Waals surface area contributed by atoms with Gasteiger partial charge >= 0.3 is 175 Å². The van der Waals surface area contributed by atoms with E-state index in [4.69, 9.17) is 3.07 Å². The molecule has 142 valence electrons.